The summed E-state index contributed by atoms with van der Waals surface area (Å²) in [5, 5.41) is 3.40. The maximum atomic E-state index is 13.9. The Balaban J connectivity index is 0.00000114. The van der Waals surface area contributed by atoms with Gasteiger partial charge in [0, 0.05) is 39.3 Å². The highest BCUT2D eigenvalue weighted by atomic mass is 79.9. The van der Waals surface area contributed by atoms with Gasteiger partial charge in [0.2, 0.25) is 10.6 Å². The summed E-state index contributed by atoms with van der Waals surface area (Å²) < 4.78 is 93.9. The molecular formula is C29H32Br2ClF7N4O3. The summed E-state index contributed by atoms with van der Waals surface area (Å²) in [4.78, 5) is 40.2. The number of nitrogens with one attached hydrogen (secondary N) is 1. The van der Waals surface area contributed by atoms with Crippen LogP contribution in [0.2, 0.25) is 0 Å². The molecule has 1 N–H and O–H groups in total. The van der Waals surface area contributed by atoms with Crippen LogP contribution in [0.4, 0.5) is 35.5 Å². The number of hydrogen-bond acceptors (Lipinski definition) is 4. The van der Waals surface area contributed by atoms with Crippen LogP contribution in [-0.4, -0.2) is 75.9 Å². The lowest BCUT2D eigenvalue weighted by molar-refractivity contribution is -0.143. The zero-order chi connectivity index (χ0) is 33.7. The third-order valence-electron chi connectivity index (χ3n) is 7.48. The van der Waals surface area contributed by atoms with Gasteiger partial charge in [0.1, 0.15) is 5.82 Å². The van der Waals surface area contributed by atoms with Crippen molar-refractivity contribution in [2.45, 2.75) is 50.7 Å². The normalized spacial score (nSPS) is 18.7. The van der Waals surface area contributed by atoms with Crippen LogP contribution in [0.25, 0.3) is 0 Å². The number of rotatable bonds is 5. The van der Waals surface area contributed by atoms with Crippen molar-refractivity contribution >= 4 is 60.9 Å². The molecule has 0 bridgehead atoms. The second kappa shape index (κ2) is 16.6. The lowest BCUT2D eigenvalue weighted by atomic mass is 9.88. The fourth-order valence-corrected chi connectivity index (χ4v) is 5.45. The fraction of sp³-hybridized carbons (Fsp3) is 0.483. The summed E-state index contributed by atoms with van der Waals surface area (Å²) in [7, 11) is 1.30. The monoisotopic (exact) mass is 810 g/mol. The van der Waals surface area contributed by atoms with Gasteiger partial charge in [-0.3, -0.25) is 9.59 Å². The lowest BCUT2D eigenvalue weighted by Gasteiger charge is -2.46. The SMILES string of the molecule is Cc1cc(F)ccc1[C@H]1C[C@H](N2CCNCC2=O)CCN1C(=O)N(C)Cc1cc(C(F)(F)F)cc(C(F)(F)F)c1.Cl.O=C(Br)CBr. The summed E-state index contributed by atoms with van der Waals surface area (Å²) in [6.07, 6.45) is -9.23. The van der Waals surface area contributed by atoms with Crippen molar-refractivity contribution < 1.29 is 45.1 Å². The largest absolute Gasteiger partial charge is 0.416 e. The third kappa shape index (κ3) is 10.5. The third-order valence-corrected chi connectivity index (χ3v) is 9.02. The van der Waals surface area contributed by atoms with E-state index in [0.717, 1.165) is 4.90 Å². The van der Waals surface area contributed by atoms with E-state index >= 15 is 0 Å². The smallest absolute Gasteiger partial charge is 0.337 e. The molecule has 2 aromatic carbocycles. The number of nitrogens with zero attached hydrogens (tertiary/aromatic N) is 3. The second-order valence-corrected chi connectivity index (χ2v) is 12.1. The minimum Gasteiger partial charge on any atom is -0.337 e. The van der Waals surface area contributed by atoms with Gasteiger partial charge in [-0.2, -0.15) is 26.3 Å². The van der Waals surface area contributed by atoms with Crippen LogP contribution < -0.4 is 5.32 Å². The number of amides is 3. The topological polar surface area (TPSA) is 73.0 Å². The molecule has 2 aliphatic heterocycles. The van der Waals surface area contributed by atoms with Crippen LogP contribution in [-0.2, 0) is 28.5 Å². The Morgan fingerprint density at radius 3 is 2.11 bits per heavy atom. The van der Waals surface area contributed by atoms with Gasteiger partial charge in [0.05, 0.1) is 29.0 Å². The van der Waals surface area contributed by atoms with E-state index in [1.54, 1.807) is 17.9 Å². The van der Waals surface area contributed by atoms with Crippen molar-refractivity contribution in [3.63, 3.8) is 0 Å². The minimum absolute atomic E-state index is 0. The van der Waals surface area contributed by atoms with E-state index in [2.05, 4.69) is 37.2 Å². The first kappa shape index (κ1) is 39.7. The van der Waals surface area contributed by atoms with Crippen molar-refractivity contribution in [3.8, 4) is 0 Å². The molecule has 3 amide bonds. The number of benzene rings is 2. The molecule has 7 nitrogen and oxygen atoms in total. The van der Waals surface area contributed by atoms with Crippen LogP contribution in [0, 0.1) is 12.7 Å². The molecule has 0 radical (unpaired) electrons. The first-order valence-corrected chi connectivity index (χ1v) is 15.6. The van der Waals surface area contributed by atoms with Crippen LogP contribution in [0.5, 0.6) is 0 Å². The minimum atomic E-state index is -5.01. The van der Waals surface area contributed by atoms with Crippen LogP contribution in [0.1, 0.15) is 46.7 Å². The van der Waals surface area contributed by atoms with Gasteiger partial charge < -0.3 is 20.0 Å². The molecule has 2 saturated heterocycles. The highest BCUT2D eigenvalue weighted by Gasteiger charge is 2.40. The number of urea groups is 1. The number of halogens is 10. The predicted octanol–water partition coefficient (Wildman–Crippen LogP) is 7.09. The van der Waals surface area contributed by atoms with Crippen molar-refractivity contribution in [1.82, 2.24) is 20.0 Å². The Morgan fingerprint density at radius 1 is 1.02 bits per heavy atom. The molecular weight excluding hydrogens is 781 g/mol. The van der Waals surface area contributed by atoms with Gasteiger partial charge in [-0.15, -0.1) is 12.4 Å². The zero-order valence-electron chi connectivity index (χ0n) is 24.7. The maximum absolute atomic E-state index is 13.9. The van der Waals surface area contributed by atoms with E-state index in [9.17, 15) is 45.1 Å². The quantitative estimate of drug-likeness (QED) is 0.199. The van der Waals surface area contributed by atoms with Gasteiger partial charge in [0.15, 0.2) is 0 Å². The number of carbonyl (C=O) groups is 3. The molecule has 2 atom stereocenters. The number of hydrogen-bond donors (Lipinski definition) is 1. The van der Waals surface area contributed by atoms with Gasteiger partial charge in [0.25, 0.3) is 0 Å². The van der Waals surface area contributed by atoms with Crippen LogP contribution in [0.3, 0.4) is 0 Å². The molecule has 0 aliphatic carbocycles. The first-order valence-electron chi connectivity index (χ1n) is 13.7. The van der Waals surface area contributed by atoms with E-state index in [0.29, 0.717) is 54.5 Å². The summed E-state index contributed by atoms with van der Waals surface area (Å²) in [6.45, 7) is 2.67. The zero-order valence-corrected chi connectivity index (χ0v) is 28.6. The van der Waals surface area contributed by atoms with Crippen molar-refractivity contribution in [2.75, 3.05) is 38.6 Å². The van der Waals surface area contributed by atoms with Gasteiger partial charge in [-0.25, -0.2) is 9.18 Å². The summed E-state index contributed by atoms with van der Waals surface area (Å²) >= 11 is 5.60. The molecule has 2 aliphatic rings. The van der Waals surface area contributed by atoms with Crippen LogP contribution >= 0.6 is 44.3 Å². The average molecular weight is 813 g/mol. The number of piperazine rings is 1. The Labute approximate surface area is 284 Å². The highest BCUT2D eigenvalue weighted by molar-refractivity contribution is 9.19. The Morgan fingerprint density at radius 2 is 1.61 bits per heavy atom. The molecule has 0 spiro atoms. The van der Waals surface area contributed by atoms with Gasteiger partial charge in [-0.1, -0.05) is 22.0 Å². The van der Waals surface area contributed by atoms with E-state index in [4.69, 9.17) is 0 Å². The molecule has 256 valence electrons. The highest BCUT2D eigenvalue weighted by Crippen LogP contribution is 2.38. The molecule has 2 fully saturated rings. The predicted molar refractivity (Wildman–Crippen MR) is 166 cm³/mol. The molecule has 2 heterocycles. The van der Waals surface area contributed by atoms with E-state index in [1.807, 2.05) is 0 Å². The molecule has 0 aromatic heterocycles. The Kier molecular flexibility index (Phi) is 14.3. The standard InChI is InChI=1S/C27H29F7N4O2.C2H2Br2O.ClH/c1-16-9-20(28)3-4-22(16)23-13-21(37-8-6-35-14-24(37)39)5-7-38(23)25(40)36(2)15-17-10-18(26(29,30)31)12-19(11-17)27(32,33)34;3-1-2(4)5;/h3-4,9-12,21,23,35H,5-8,13-15H2,1-2H3;1H2;1H/t21-,23-;;/m1../s1. The molecule has 0 unspecified atom stereocenters. The number of likely N-dealkylation sites (tertiary alicyclic amines) is 1. The van der Waals surface area contributed by atoms with Crippen molar-refractivity contribution in [2.24, 2.45) is 0 Å². The summed E-state index contributed by atoms with van der Waals surface area (Å²) in [5.74, 6) is -0.543. The second-order valence-electron chi connectivity index (χ2n) is 10.7. The number of piperidine rings is 1. The molecule has 0 saturated carbocycles. The van der Waals surface area contributed by atoms with Gasteiger partial charge in [-0.05, 0) is 82.7 Å². The molecule has 17 heteroatoms. The van der Waals surface area contributed by atoms with Crippen molar-refractivity contribution in [1.29, 1.82) is 0 Å². The molecule has 46 heavy (non-hydrogen) atoms. The average Bonchev–Trinajstić information content (AvgIpc) is 2.96. The molecule has 4 rings (SSSR count). The maximum Gasteiger partial charge on any atom is 0.416 e. The summed E-state index contributed by atoms with van der Waals surface area (Å²) in [6, 6.07) is 3.98. The van der Waals surface area contributed by atoms with E-state index in [-0.39, 0.29) is 53.8 Å². The Hall–Kier alpha value is -2.43. The number of carbonyl (C=O) groups excluding carboxylic acids is 3. The summed E-state index contributed by atoms with van der Waals surface area (Å²) in [5.41, 5.74) is -2.02. The first-order chi connectivity index (χ1) is 20.9. The molecule has 2 aromatic rings. The fourth-order valence-electron chi connectivity index (χ4n) is 5.45. The lowest BCUT2D eigenvalue weighted by Crippen LogP contribution is -2.57. The van der Waals surface area contributed by atoms with Crippen LogP contribution in [0.15, 0.2) is 36.4 Å². The van der Waals surface area contributed by atoms with Crippen molar-refractivity contribution in [3.05, 3.63) is 70.0 Å². The van der Waals surface area contributed by atoms with E-state index in [1.165, 1.54) is 24.1 Å². The van der Waals surface area contributed by atoms with Gasteiger partial charge >= 0.3 is 18.4 Å². The van der Waals surface area contributed by atoms with E-state index < -0.39 is 47.9 Å². The number of alkyl halides is 7. The Bertz CT molecular complexity index is 1370. The number of aryl methyl sites for hydroxylation is 1.